The molecule has 1 rings (SSSR count). The summed E-state index contributed by atoms with van der Waals surface area (Å²) in [7, 11) is 0. The van der Waals surface area contributed by atoms with Crippen LogP contribution in [-0.4, -0.2) is 50.0 Å². The van der Waals surface area contributed by atoms with Crippen molar-refractivity contribution in [2.24, 2.45) is 10.9 Å². The van der Waals surface area contributed by atoms with Gasteiger partial charge >= 0.3 is 0 Å². The second-order valence-electron chi connectivity index (χ2n) is 5.92. The maximum atomic E-state index is 9.02. The molecule has 1 fully saturated rings. The predicted molar refractivity (Wildman–Crippen MR) is 103 cm³/mol. The van der Waals surface area contributed by atoms with Gasteiger partial charge in [0.05, 0.1) is 6.10 Å². The number of ether oxygens (including phenoxy) is 1. The fraction of sp³-hybridized carbons (Fsp3) is 0.938. The monoisotopic (exact) mass is 427 g/mol. The average Bonchev–Trinajstić information content (AvgIpc) is 2.52. The standard InChI is InChI=1S/C16H33N3O2.HI/c1-3-17-16(19-12-14(2)13-20)18-10-7-11-21-15-8-5-4-6-9-15;/h14-15,20H,3-13H2,1-2H3,(H2,17,18,19);1H. The number of hydrogen-bond donors (Lipinski definition) is 3. The van der Waals surface area contributed by atoms with E-state index in [4.69, 9.17) is 9.84 Å². The molecule has 0 radical (unpaired) electrons. The molecule has 0 spiro atoms. The van der Waals surface area contributed by atoms with Gasteiger partial charge in [0.25, 0.3) is 0 Å². The lowest BCUT2D eigenvalue weighted by molar-refractivity contribution is 0.0277. The zero-order chi connectivity index (χ0) is 15.3. The lowest BCUT2D eigenvalue weighted by Crippen LogP contribution is -2.38. The molecule has 0 saturated heterocycles. The highest BCUT2D eigenvalue weighted by molar-refractivity contribution is 14.0. The fourth-order valence-corrected chi connectivity index (χ4v) is 2.41. The molecule has 0 heterocycles. The van der Waals surface area contributed by atoms with Gasteiger partial charge in [-0.15, -0.1) is 24.0 Å². The molecular weight excluding hydrogens is 393 g/mol. The van der Waals surface area contributed by atoms with Crippen molar-refractivity contribution in [3.8, 4) is 0 Å². The van der Waals surface area contributed by atoms with Crippen molar-refractivity contribution in [3.63, 3.8) is 0 Å². The molecule has 1 atom stereocenters. The molecule has 0 aliphatic heterocycles. The Kier molecular flexibility index (Phi) is 14.5. The molecule has 0 bridgehead atoms. The van der Waals surface area contributed by atoms with Crippen molar-refractivity contribution in [1.82, 2.24) is 10.6 Å². The Morgan fingerprint density at radius 1 is 1.27 bits per heavy atom. The number of guanidine groups is 1. The number of aliphatic hydroxyl groups is 1. The Morgan fingerprint density at radius 3 is 2.64 bits per heavy atom. The highest BCUT2D eigenvalue weighted by Gasteiger charge is 2.12. The Labute approximate surface area is 152 Å². The summed E-state index contributed by atoms with van der Waals surface area (Å²) in [6.07, 6.45) is 7.97. The number of nitrogens with zero attached hydrogens (tertiary/aromatic N) is 1. The van der Waals surface area contributed by atoms with E-state index in [0.29, 0.717) is 12.6 Å². The number of hydrogen-bond acceptors (Lipinski definition) is 3. The Balaban J connectivity index is 0.00000441. The van der Waals surface area contributed by atoms with Gasteiger partial charge in [0.1, 0.15) is 0 Å². The van der Waals surface area contributed by atoms with E-state index in [-0.39, 0.29) is 36.5 Å². The quantitative estimate of drug-likeness (QED) is 0.229. The fourth-order valence-electron chi connectivity index (χ4n) is 2.41. The second kappa shape index (κ2) is 14.5. The van der Waals surface area contributed by atoms with E-state index in [9.17, 15) is 0 Å². The van der Waals surface area contributed by atoms with Crippen molar-refractivity contribution in [3.05, 3.63) is 0 Å². The third kappa shape index (κ3) is 10.6. The van der Waals surface area contributed by atoms with Crippen molar-refractivity contribution in [1.29, 1.82) is 0 Å². The van der Waals surface area contributed by atoms with Gasteiger partial charge in [-0.25, -0.2) is 0 Å². The summed E-state index contributed by atoms with van der Waals surface area (Å²) in [5, 5.41) is 15.6. The van der Waals surface area contributed by atoms with E-state index < -0.39 is 0 Å². The van der Waals surface area contributed by atoms with E-state index in [1.165, 1.54) is 32.1 Å². The van der Waals surface area contributed by atoms with Crippen LogP contribution in [0.25, 0.3) is 0 Å². The van der Waals surface area contributed by atoms with Gasteiger partial charge in [-0.05, 0) is 32.1 Å². The van der Waals surface area contributed by atoms with Gasteiger partial charge in [0.2, 0.25) is 0 Å². The van der Waals surface area contributed by atoms with Crippen LogP contribution in [0.4, 0.5) is 0 Å². The van der Waals surface area contributed by atoms with E-state index in [1.54, 1.807) is 0 Å². The first kappa shape index (κ1) is 21.9. The number of rotatable bonds is 9. The lowest BCUT2D eigenvalue weighted by atomic mass is 9.98. The average molecular weight is 427 g/mol. The van der Waals surface area contributed by atoms with Crippen molar-refractivity contribution in [2.75, 3.05) is 32.8 Å². The van der Waals surface area contributed by atoms with E-state index in [1.807, 2.05) is 6.92 Å². The summed E-state index contributed by atoms with van der Waals surface area (Å²) in [6, 6.07) is 0. The van der Waals surface area contributed by atoms with Crippen molar-refractivity contribution < 1.29 is 9.84 Å². The third-order valence-corrected chi connectivity index (χ3v) is 3.74. The van der Waals surface area contributed by atoms with Gasteiger partial charge in [-0.2, -0.15) is 0 Å². The van der Waals surface area contributed by atoms with Crippen LogP contribution in [0.2, 0.25) is 0 Å². The topological polar surface area (TPSA) is 65.9 Å². The van der Waals surface area contributed by atoms with Crippen LogP contribution in [0, 0.1) is 5.92 Å². The van der Waals surface area contributed by atoms with E-state index in [2.05, 4.69) is 22.5 Å². The number of nitrogens with one attached hydrogen (secondary N) is 2. The maximum absolute atomic E-state index is 9.02. The Morgan fingerprint density at radius 2 is 2.00 bits per heavy atom. The molecular formula is C16H34IN3O2. The minimum absolute atomic E-state index is 0. The minimum Gasteiger partial charge on any atom is -0.396 e. The summed E-state index contributed by atoms with van der Waals surface area (Å²) in [5.74, 6) is 1.03. The molecule has 132 valence electrons. The lowest BCUT2D eigenvalue weighted by Gasteiger charge is -2.22. The molecule has 22 heavy (non-hydrogen) atoms. The maximum Gasteiger partial charge on any atom is 0.191 e. The smallest absolute Gasteiger partial charge is 0.191 e. The number of aliphatic imine (C=N–C) groups is 1. The summed E-state index contributed by atoms with van der Waals surface area (Å²) < 4.78 is 5.91. The normalized spacial score (nSPS) is 17.7. The Bertz CT molecular complexity index is 285. The summed E-state index contributed by atoms with van der Waals surface area (Å²) in [5.41, 5.74) is 0. The SMILES string of the molecule is CCNC(=NCC(C)CO)NCCCOC1CCCCC1.I. The first-order valence-electron chi connectivity index (χ1n) is 8.50. The molecule has 0 aromatic rings. The second-order valence-corrected chi connectivity index (χ2v) is 5.92. The number of halogens is 1. The van der Waals surface area contributed by atoms with Gasteiger partial charge in [-0.1, -0.05) is 26.2 Å². The number of aliphatic hydroxyl groups excluding tert-OH is 1. The summed E-state index contributed by atoms with van der Waals surface area (Å²) in [6.45, 7) is 7.40. The highest BCUT2D eigenvalue weighted by atomic mass is 127. The molecule has 0 aromatic heterocycles. The first-order valence-corrected chi connectivity index (χ1v) is 8.50. The van der Waals surface area contributed by atoms with E-state index in [0.717, 1.165) is 32.1 Å². The van der Waals surface area contributed by atoms with Gasteiger partial charge in [-0.3, -0.25) is 4.99 Å². The van der Waals surface area contributed by atoms with E-state index >= 15 is 0 Å². The van der Waals surface area contributed by atoms with Crippen LogP contribution in [0.15, 0.2) is 4.99 Å². The van der Waals surface area contributed by atoms with Crippen molar-refractivity contribution in [2.45, 2.75) is 58.5 Å². The van der Waals surface area contributed by atoms with Crippen LogP contribution >= 0.6 is 24.0 Å². The summed E-state index contributed by atoms with van der Waals surface area (Å²) in [4.78, 5) is 4.47. The van der Waals surface area contributed by atoms with Crippen LogP contribution in [0.1, 0.15) is 52.4 Å². The van der Waals surface area contributed by atoms with Crippen molar-refractivity contribution >= 4 is 29.9 Å². The molecule has 6 heteroatoms. The van der Waals surface area contributed by atoms with Crippen LogP contribution in [0.5, 0.6) is 0 Å². The molecule has 5 nitrogen and oxygen atoms in total. The largest absolute Gasteiger partial charge is 0.396 e. The molecule has 1 aliphatic rings. The van der Waals surface area contributed by atoms with Gasteiger partial charge in [0, 0.05) is 32.8 Å². The van der Waals surface area contributed by atoms with Crippen LogP contribution in [0.3, 0.4) is 0 Å². The Hall–Kier alpha value is -0.0800. The van der Waals surface area contributed by atoms with Gasteiger partial charge < -0.3 is 20.5 Å². The zero-order valence-electron chi connectivity index (χ0n) is 14.1. The van der Waals surface area contributed by atoms with Gasteiger partial charge in [0.15, 0.2) is 5.96 Å². The predicted octanol–water partition coefficient (Wildman–Crippen LogP) is 2.53. The molecule has 1 saturated carbocycles. The first-order chi connectivity index (χ1) is 10.3. The molecule has 0 aromatic carbocycles. The molecule has 0 amide bonds. The minimum atomic E-state index is 0. The third-order valence-electron chi connectivity index (χ3n) is 3.74. The zero-order valence-corrected chi connectivity index (χ0v) is 16.5. The highest BCUT2D eigenvalue weighted by Crippen LogP contribution is 2.20. The molecule has 1 unspecified atom stereocenters. The van der Waals surface area contributed by atoms with Crippen LogP contribution in [-0.2, 0) is 4.74 Å². The molecule has 1 aliphatic carbocycles. The summed E-state index contributed by atoms with van der Waals surface area (Å²) >= 11 is 0. The van der Waals surface area contributed by atoms with Crippen LogP contribution < -0.4 is 10.6 Å². The molecule has 3 N–H and O–H groups in total.